The fourth-order valence-corrected chi connectivity index (χ4v) is 3.05. The van der Waals surface area contributed by atoms with Crippen LogP contribution in [0.15, 0.2) is 10.6 Å². The maximum Gasteiger partial charge on any atom is 0.258 e. The van der Waals surface area contributed by atoms with Crippen LogP contribution in [0.25, 0.3) is 11.1 Å². The van der Waals surface area contributed by atoms with Gasteiger partial charge in [-0.15, -0.1) is 0 Å². The van der Waals surface area contributed by atoms with Gasteiger partial charge >= 0.3 is 0 Å². The molecule has 1 fully saturated rings. The quantitative estimate of drug-likeness (QED) is 0.851. The first kappa shape index (κ1) is 14.0. The molecule has 0 N–H and O–H groups in total. The third-order valence-electron chi connectivity index (χ3n) is 4.33. The highest BCUT2D eigenvalue weighted by Crippen LogP contribution is 2.26. The molecule has 2 aromatic rings. The number of fused-ring (bicyclic) bond motifs is 1. The van der Waals surface area contributed by atoms with Gasteiger partial charge in [0.05, 0.1) is 16.6 Å². The van der Waals surface area contributed by atoms with E-state index in [2.05, 4.69) is 17.1 Å². The molecule has 112 valence electrons. The molecule has 0 bridgehead atoms. The molecule has 21 heavy (non-hydrogen) atoms. The molecule has 0 saturated carbocycles. The zero-order chi connectivity index (χ0) is 15.0. The molecule has 0 aliphatic carbocycles. The molecule has 1 saturated heterocycles. The summed E-state index contributed by atoms with van der Waals surface area (Å²) in [6.07, 6.45) is 4.12. The first-order valence-electron chi connectivity index (χ1n) is 7.68. The van der Waals surface area contributed by atoms with Crippen LogP contribution in [0.2, 0.25) is 0 Å². The van der Waals surface area contributed by atoms with E-state index in [-0.39, 0.29) is 5.91 Å². The highest BCUT2D eigenvalue weighted by molar-refractivity contribution is 6.06. The predicted octanol–water partition coefficient (Wildman–Crippen LogP) is 3.11. The minimum absolute atomic E-state index is 0.0793. The Morgan fingerprint density at radius 1 is 1.48 bits per heavy atom. The molecular weight excluding hydrogens is 266 g/mol. The van der Waals surface area contributed by atoms with Crippen LogP contribution in [0, 0.1) is 6.92 Å². The molecular formula is C16H21N3O2. The SMILES string of the molecule is CCc1cc(C(=O)N2CCCCC2C)c2c(C)noc2n1. The summed E-state index contributed by atoms with van der Waals surface area (Å²) in [5, 5.41) is 4.73. The Bertz CT molecular complexity index is 677. The van der Waals surface area contributed by atoms with Crippen molar-refractivity contribution in [1.29, 1.82) is 0 Å². The molecule has 5 heteroatoms. The number of pyridine rings is 1. The maximum absolute atomic E-state index is 13.0. The van der Waals surface area contributed by atoms with Gasteiger partial charge in [-0.1, -0.05) is 12.1 Å². The van der Waals surface area contributed by atoms with Crippen LogP contribution in [0.5, 0.6) is 0 Å². The average molecular weight is 287 g/mol. The van der Waals surface area contributed by atoms with Gasteiger partial charge in [-0.05, 0) is 45.6 Å². The van der Waals surface area contributed by atoms with Crippen molar-refractivity contribution in [2.24, 2.45) is 0 Å². The fraction of sp³-hybridized carbons (Fsp3) is 0.562. The van der Waals surface area contributed by atoms with E-state index >= 15 is 0 Å². The van der Waals surface area contributed by atoms with Crippen LogP contribution in [0.1, 0.15) is 54.9 Å². The van der Waals surface area contributed by atoms with Crippen LogP contribution < -0.4 is 0 Å². The minimum atomic E-state index is 0.0793. The standard InChI is InChI=1S/C16H21N3O2/c1-4-12-9-13(14-11(3)18-21-15(14)17-12)16(20)19-8-6-5-7-10(19)2/h9-10H,4-8H2,1-3H3. The predicted molar refractivity (Wildman–Crippen MR) is 80.3 cm³/mol. The second kappa shape index (κ2) is 5.47. The van der Waals surface area contributed by atoms with E-state index in [4.69, 9.17) is 4.52 Å². The number of carbonyl (C=O) groups is 1. The first-order valence-corrected chi connectivity index (χ1v) is 7.68. The highest BCUT2D eigenvalue weighted by Gasteiger charge is 2.27. The van der Waals surface area contributed by atoms with Crippen molar-refractivity contribution in [3.63, 3.8) is 0 Å². The zero-order valence-corrected chi connectivity index (χ0v) is 12.8. The van der Waals surface area contributed by atoms with Gasteiger partial charge in [-0.2, -0.15) is 0 Å². The van der Waals surface area contributed by atoms with Crippen molar-refractivity contribution in [3.8, 4) is 0 Å². The molecule has 5 nitrogen and oxygen atoms in total. The summed E-state index contributed by atoms with van der Waals surface area (Å²) in [4.78, 5) is 19.4. The second-order valence-corrected chi connectivity index (χ2v) is 5.81. The third kappa shape index (κ3) is 2.41. The fourth-order valence-electron chi connectivity index (χ4n) is 3.05. The summed E-state index contributed by atoms with van der Waals surface area (Å²) in [7, 11) is 0. The zero-order valence-electron chi connectivity index (χ0n) is 12.8. The van der Waals surface area contributed by atoms with Crippen LogP contribution in [-0.4, -0.2) is 33.5 Å². The van der Waals surface area contributed by atoms with Gasteiger partial charge in [0.15, 0.2) is 0 Å². The van der Waals surface area contributed by atoms with Gasteiger partial charge in [0.2, 0.25) is 0 Å². The summed E-state index contributed by atoms with van der Waals surface area (Å²) >= 11 is 0. The van der Waals surface area contributed by atoms with Gasteiger partial charge in [0.25, 0.3) is 11.6 Å². The molecule has 3 heterocycles. The third-order valence-corrected chi connectivity index (χ3v) is 4.33. The van der Waals surface area contributed by atoms with E-state index in [0.29, 0.717) is 17.3 Å². The van der Waals surface area contributed by atoms with Crippen molar-refractivity contribution in [2.75, 3.05) is 6.54 Å². The number of aryl methyl sites for hydroxylation is 2. The van der Waals surface area contributed by atoms with Gasteiger partial charge in [-0.25, -0.2) is 4.98 Å². The first-order chi connectivity index (χ1) is 10.1. The van der Waals surface area contributed by atoms with Crippen LogP contribution >= 0.6 is 0 Å². The number of piperidine rings is 1. The number of aromatic nitrogens is 2. The normalized spacial score (nSPS) is 19.2. The maximum atomic E-state index is 13.0. The van der Waals surface area contributed by atoms with Crippen molar-refractivity contribution >= 4 is 17.0 Å². The van der Waals surface area contributed by atoms with E-state index in [9.17, 15) is 4.79 Å². The average Bonchev–Trinajstić information content (AvgIpc) is 2.87. The van der Waals surface area contributed by atoms with E-state index in [1.54, 1.807) is 0 Å². The highest BCUT2D eigenvalue weighted by atomic mass is 16.5. The van der Waals surface area contributed by atoms with Gasteiger partial charge in [0, 0.05) is 18.3 Å². The molecule has 1 aliphatic heterocycles. The Balaban J connectivity index is 2.09. The summed E-state index contributed by atoms with van der Waals surface area (Å²) in [5.41, 5.74) is 2.75. The monoisotopic (exact) mass is 287 g/mol. The number of carbonyl (C=O) groups excluding carboxylic acids is 1. The van der Waals surface area contributed by atoms with Crippen LogP contribution in [0.4, 0.5) is 0 Å². The number of amides is 1. The number of rotatable bonds is 2. The smallest absolute Gasteiger partial charge is 0.258 e. The van der Waals surface area contributed by atoms with Crippen LogP contribution in [-0.2, 0) is 6.42 Å². The second-order valence-electron chi connectivity index (χ2n) is 5.81. The van der Waals surface area contributed by atoms with Crippen molar-refractivity contribution in [3.05, 3.63) is 23.0 Å². The Morgan fingerprint density at radius 3 is 3.00 bits per heavy atom. The van der Waals surface area contributed by atoms with Crippen LogP contribution in [0.3, 0.4) is 0 Å². The van der Waals surface area contributed by atoms with E-state index in [1.165, 1.54) is 6.42 Å². The lowest BCUT2D eigenvalue weighted by Gasteiger charge is -2.33. The van der Waals surface area contributed by atoms with Crippen molar-refractivity contribution in [1.82, 2.24) is 15.0 Å². The number of hydrogen-bond donors (Lipinski definition) is 0. The molecule has 1 atom stereocenters. The molecule has 1 amide bonds. The molecule has 1 aliphatic rings. The van der Waals surface area contributed by atoms with Crippen molar-refractivity contribution in [2.45, 2.75) is 52.5 Å². The summed E-state index contributed by atoms with van der Waals surface area (Å²) in [5.74, 6) is 0.0793. The Labute approximate surface area is 124 Å². The minimum Gasteiger partial charge on any atom is -0.336 e. The van der Waals surface area contributed by atoms with Crippen molar-refractivity contribution < 1.29 is 9.32 Å². The Morgan fingerprint density at radius 2 is 2.29 bits per heavy atom. The molecule has 0 spiro atoms. The lowest BCUT2D eigenvalue weighted by molar-refractivity contribution is 0.0637. The van der Waals surface area contributed by atoms with Gasteiger partial charge in [0.1, 0.15) is 0 Å². The molecule has 0 aromatic carbocycles. The van der Waals surface area contributed by atoms with E-state index < -0.39 is 0 Å². The summed E-state index contributed by atoms with van der Waals surface area (Å²) in [6.45, 7) is 6.83. The topological polar surface area (TPSA) is 59.2 Å². The summed E-state index contributed by atoms with van der Waals surface area (Å²) < 4.78 is 5.26. The lowest BCUT2D eigenvalue weighted by atomic mass is 10.0. The molecule has 2 aromatic heterocycles. The van der Waals surface area contributed by atoms with Gasteiger partial charge in [-0.3, -0.25) is 4.79 Å². The summed E-state index contributed by atoms with van der Waals surface area (Å²) in [6, 6.07) is 2.19. The number of nitrogens with zero attached hydrogens (tertiary/aromatic N) is 3. The lowest BCUT2D eigenvalue weighted by Crippen LogP contribution is -2.42. The number of likely N-dealkylation sites (tertiary alicyclic amines) is 1. The van der Waals surface area contributed by atoms with E-state index in [0.717, 1.165) is 42.6 Å². The molecule has 0 radical (unpaired) electrons. The molecule has 1 unspecified atom stereocenters. The van der Waals surface area contributed by atoms with E-state index in [1.807, 2.05) is 24.8 Å². The Kier molecular flexibility index (Phi) is 3.66. The number of hydrogen-bond acceptors (Lipinski definition) is 4. The largest absolute Gasteiger partial charge is 0.336 e. The Hall–Kier alpha value is -1.91. The van der Waals surface area contributed by atoms with Gasteiger partial charge < -0.3 is 9.42 Å². The molecule has 3 rings (SSSR count).